The third kappa shape index (κ3) is 2.44. The fourth-order valence-corrected chi connectivity index (χ4v) is 2.71. The molecule has 0 spiro atoms. The fraction of sp³-hybridized carbons (Fsp3) is 0.308. The van der Waals surface area contributed by atoms with Crippen molar-refractivity contribution in [1.82, 2.24) is 4.98 Å². The largest absolute Gasteiger partial charge is 0.235 e. The van der Waals surface area contributed by atoms with Gasteiger partial charge < -0.3 is 0 Å². The quantitative estimate of drug-likeness (QED) is 0.572. The molecule has 0 saturated carbocycles. The van der Waals surface area contributed by atoms with E-state index in [0.29, 0.717) is 10.2 Å². The summed E-state index contributed by atoms with van der Waals surface area (Å²) in [5, 5.41) is 2.22. The second-order valence-corrected chi connectivity index (χ2v) is 6.57. The lowest BCUT2D eigenvalue weighted by molar-refractivity contribution is 0.589. The van der Waals surface area contributed by atoms with Gasteiger partial charge in [0.05, 0.1) is 15.0 Å². The summed E-state index contributed by atoms with van der Waals surface area (Å²) in [4.78, 5) is 4.44. The molecule has 1 nitrogen and oxygen atoms in total. The number of pyridine rings is 1. The summed E-state index contributed by atoms with van der Waals surface area (Å²) in [6, 6.07) is 5.89. The van der Waals surface area contributed by atoms with Crippen LogP contribution in [0.3, 0.4) is 0 Å². The molecule has 0 aliphatic heterocycles. The van der Waals surface area contributed by atoms with Crippen LogP contribution in [0.2, 0.25) is 10.2 Å². The van der Waals surface area contributed by atoms with Crippen LogP contribution in [0.25, 0.3) is 10.9 Å². The molecule has 2 aromatic rings. The van der Waals surface area contributed by atoms with E-state index in [0.717, 1.165) is 20.9 Å². The van der Waals surface area contributed by atoms with Crippen LogP contribution in [0.1, 0.15) is 26.3 Å². The van der Waals surface area contributed by atoms with E-state index < -0.39 is 0 Å². The van der Waals surface area contributed by atoms with Crippen LogP contribution in [0.4, 0.5) is 0 Å². The first kappa shape index (κ1) is 13.1. The average Bonchev–Trinajstić information content (AvgIpc) is 2.22. The number of benzene rings is 1. The molecule has 0 amide bonds. The Hall–Kier alpha value is -0.310. The highest BCUT2D eigenvalue weighted by Crippen LogP contribution is 2.35. The SMILES string of the molecule is CC(C)(C)c1cc2ccc(Cl)c(Br)c2nc1Cl. The van der Waals surface area contributed by atoms with Crippen molar-refractivity contribution in [2.45, 2.75) is 26.2 Å². The van der Waals surface area contributed by atoms with Crippen molar-refractivity contribution in [2.75, 3.05) is 0 Å². The van der Waals surface area contributed by atoms with Crippen LogP contribution < -0.4 is 0 Å². The van der Waals surface area contributed by atoms with Crippen LogP contribution in [0.15, 0.2) is 22.7 Å². The third-order valence-electron chi connectivity index (χ3n) is 2.64. The first-order valence-corrected chi connectivity index (χ1v) is 6.80. The van der Waals surface area contributed by atoms with Crippen LogP contribution in [-0.2, 0) is 5.41 Å². The molecule has 1 aromatic heterocycles. The lowest BCUT2D eigenvalue weighted by Crippen LogP contribution is -2.12. The molecule has 0 fully saturated rings. The van der Waals surface area contributed by atoms with Gasteiger partial charge in [-0.15, -0.1) is 0 Å². The number of hydrogen-bond acceptors (Lipinski definition) is 1. The van der Waals surface area contributed by atoms with Gasteiger partial charge in [-0.25, -0.2) is 4.98 Å². The van der Waals surface area contributed by atoms with Gasteiger partial charge in [0, 0.05) is 5.39 Å². The molecular weight excluding hydrogens is 321 g/mol. The smallest absolute Gasteiger partial charge is 0.133 e. The van der Waals surface area contributed by atoms with Crippen LogP contribution >= 0.6 is 39.1 Å². The Balaban J connectivity index is 2.80. The molecule has 0 unspecified atom stereocenters. The summed E-state index contributed by atoms with van der Waals surface area (Å²) in [5.41, 5.74) is 1.82. The van der Waals surface area contributed by atoms with Crippen molar-refractivity contribution in [2.24, 2.45) is 0 Å². The zero-order valence-electron chi connectivity index (χ0n) is 9.81. The number of nitrogens with zero attached hydrogens (tertiary/aromatic N) is 1. The van der Waals surface area contributed by atoms with Crippen molar-refractivity contribution < 1.29 is 0 Å². The number of fused-ring (bicyclic) bond motifs is 1. The van der Waals surface area contributed by atoms with Crippen LogP contribution in [-0.4, -0.2) is 4.98 Å². The monoisotopic (exact) mass is 331 g/mol. The van der Waals surface area contributed by atoms with Gasteiger partial charge in [-0.1, -0.05) is 50.0 Å². The predicted molar refractivity (Wildman–Crippen MR) is 78.2 cm³/mol. The minimum Gasteiger partial charge on any atom is -0.235 e. The Morgan fingerprint density at radius 3 is 2.41 bits per heavy atom. The number of hydrogen-bond donors (Lipinski definition) is 0. The molecule has 0 N–H and O–H groups in total. The van der Waals surface area contributed by atoms with E-state index >= 15 is 0 Å². The van der Waals surface area contributed by atoms with Crippen molar-refractivity contribution in [3.05, 3.63) is 38.4 Å². The van der Waals surface area contributed by atoms with Crippen LogP contribution in [0, 0.1) is 0 Å². The van der Waals surface area contributed by atoms with Crippen molar-refractivity contribution in [3.63, 3.8) is 0 Å². The van der Waals surface area contributed by atoms with E-state index in [1.807, 2.05) is 12.1 Å². The normalized spacial score (nSPS) is 12.1. The standard InChI is InChI=1S/C13H12BrCl2N/c1-13(2,3)8-6-7-4-5-9(15)10(14)11(7)17-12(8)16/h4-6H,1-3H3. The second kappa shape index (κ2) is 4.42. The number of rotatable bonds is 0. The molecule has 0 atom stereocenters. The summed E-state index contributed by atoms with van der Waals surface area (Å²) in [7, 11) is 0. The second-order valence-electron chi connectivity index (χ2n) is 5.01. The Bertz CT molecular complexity index is 588. The van der Waals surface area contributed by atoms with Crippen LogP contribution in [0.5, 0.6) is 0 Å². The molecule has 17 heavy (non-hydrogen) atoms. The third-order valence-corrected chi connectivity index (χ3v) is 4.27. The topological polar surface area (TPSA) is 12.9 Å². The highest BCUT2D eigenvalue weighted by atomic mass is 79.9. The summed E-state index contributed by atoms with van der Waals surface area (Å²) >= 11 is 15.7. The lowest BCUT2D eigenvalue weighted by atomic mass is 9.87. The molecule has 90 valence electrons. The molecule has 0 saturated heterocycles. The molecule has 0 aliphatic carbocycles. The van der Waals surface area contributed by atoms with E-state index in [4.69, 9.17) is 23.2 Å². The molecular formula is C13H12BrCl2N. The summed E-state index contributed by atoms with van der Waals surface area (Å²) in [6.45, 7) is 6.35. The van der Waals surface area contributed by atoms with Crippen molar-refractivity contribution in [3.8, 4) is 0 Å². The maximum atomic E-state index is 6.24. The highest BCUT2D eigenvalue weighted by molar-refractivity contribution is 9.10. The highest BCUT2D eigenvalue weighted by Gasteiger charge is 2.19. The Labute approximate surface area is 119 Å². The predicted octanol–water partition coefficient (Wildman–Crippen LogP) is 5.60. The zero-order chi connectivity index (χ0) is 12.8. The van der Waals surface area contributed by atoms with Crippen molar-refractivity contribution >= 4 is 50.0 Å². The number of halogens is 3. The summed E-state index contributed by atoms with van der Waals surface area (Å²) in [6.07, 6.45) is 0. The van der Waals surface area contributed by atoms with E-state index in [-0.39, 0.29) is 5.41 Å². The van der Waals surface area contributed by atoms with Gasteiger partial charge >= 0.3 is 0 Å². The summed E-state index contributed by atoms with van der Waals surface area (Å²) < 4.78 is 0.791. The van der Waals surface area contributed by atoms with E-state index in [9.17, 15) is 0 Å². The van der Waals surface area contributed by atoms with Gasteiger partial charge in [0.1, 0.15) is 5.15 Å². The average molecular weight is 333 g/mol. The van der Waals surface area contributed by atoms with Gasteiger partial charge in [-0.2, -0.15) is 0 Å². The van der Waals surface area contributed by atoms with E-state index in [1.54, 1.807) is 0 Å². The molecule has 0 bridgehead atoms. The van der Waals surface area contributed by atoms with Gasteiger partial charge in [0.15, 0.2) is 0 Å². The maximum absolute atomic E-state index is 6.24. The lowest BCUT2D eigenvalue weighted by Gasteiger charge is -2.20. The first-order chi connectivity index (χ1) is 7.80. The minimum absolute atomic E-state index is 0.0234. The number of aromatic nitrogens is 1. The Morgan fingerprint density at radius 2 is 1.82 bits per heavy atom. The first-order valence-electron chi connectivity index (χ1n) is 5.25. The van der Waals surface area contributed by atoms with E-state index in [1.165, 1.54) is 0 Å². The molecule has 2 rings (SSSR count). The fourth-order valence-electron chi connectivity index (χ4n) is 1.68. The Morgan fingerprint density at radius 1 is 1.18 bits per heavy atom. The van der Waals surface area contributed by atoms with Gasteiger partial charge in [-0.05, 0) is 39.0 Å². The summed E-state index contributed by atoms with van der Waals surface area (Å²) in [5.74, 6) is 0. The molecule has 0 aliphatic rings. The minimum atomic E-state index is -0.0234. The molecule has 1 heterocycles. The molecule has 1 aromatic carbocycles. The maximum Gasteiger partial charge on any atom is 0.133 e. The molecule has 0 radical (unpaired) electrons. The Kier molecular flexibility index (Phi) is 3.41. The van der Waals surface area contributed by atoms with E-state index in [2.05, 4.69) is 47.8 Å². The molecule has 4 heteroatoms. The zero-order valence-corrected chi connectivity index (χ0v) is 12.9. The van der Waals surface area contributed by atoms with Gasteiger partial charge in [0.25, 0.3) is 0 Å². The van der Waals surface area contributed by atoms with Crippen molar-refractivity contribution in [1.29, 1.82) is 0 Å². The van der Waals surface area contributed by atoms with Gasteiger partial charge in [-0.3, -0.25) is 0 Å². The van der Waals surface area contributed by atoms with Gasteiger partial charge in [0.2, 0.25) is 0 Å².